The molecule has 1 amide bonds. The van der Waals surface area contributed by atoms with Crippen molar-refractivity contribution < 1.29 is 19.4 Å². The molecule has 0 radical (unpaired) electrons. The topological polar surface area (TPSA) is 67.8 Å². The molecule has 0 atom stereocenters. The minimum absolute atomic E-state index is 0.0543. The van der Waals surface area contributed by atoms with Gasteiger partial charge in [0, 0.05) is 11.0 Å². The lowest BCUT2D eigenvalue weighted by molar-refractivity contribution is 0.0948. The second kappa shape index (κ2) is 5.65. The van der Waals surface area contributed by atoms with Gasteiger partial charge >= 0.3 is 0 Å². The SMILES string of the molecule is O=C(NCc1ccc2c(c1)OCO2)c1cc(Br)ccc1O. The quantitative estimate of drug-likeness (QED) is 0.893. The molecule has 3 rings (SSSR count). The Hall–Kier alpha value is -2.21. The van der Waals surface area contributed by atoms with Crippen LogP contribution in [0.25, 0.3) is 0 Å². The van der Waals surface area contributed by atoms with Gasteiger partial charge in [0.2, 0.25) is 6.79 Å². The van der Waals surface area contributed by atoms with Gasteiger partial charge in [-0.3, -0.25) is 4.79 Å². The first kappa shape index (κ1) is 13.8. The summed E-state index contributed by atoms with van der Waals surface area (Å²) in [5, 5.41) is 12.5. The van der Waals surface area contributed by atoms with Crippen LogP contribution >= 0.6 is 15.9 Å². The fourth-order valence-electron chi connectivity index (χ4n) is 2.02. The molecule has 0 unspecified atom stereocenters. The zero-order chi connectivity index (χ0) is 14.8. The number of halogens is 1. The van der Waals surface area contributed by atoms with Gasteiger partial charge in [0.25, 0.3) is 5.91 Å². The Morgan fingerprint density at radius 3 is 2.86 bits per heavy atom. The van der Waals surface area contributed by atoms with Gasteiger partial charge in [-0.25, -0.2) is 0 Å². The second-order valence-corrected chi connectivity index (χ2v) is 5.45. The van der Waals surface area contributed by atoms with Gasteiger partial charge in [0.1, 0.15) is 5.75 Å². The van der Waals surface area contributed by atoms with Gasteiger partial charge in [-0.05, 0) is 35.9 Å². The number of rotatable bonds is 3. The Labute approximate surface area is 129 Å². The molecule has 0 aromatic heterocycles. The van der Waals surface area contributed by atoms with E-state index in [-0.39, 0.29) is 24.0 Å². The molecular weight excluding hydrogens is 338 g/mol. The van der Waals surface area contributed by atoms with Crippen LogP contribution in [0.3, 0.4) is 0 Å². The molecule has 1 aliphatic heterocycles. The number of fused-ring (bicyclic) bond motifs is 1. The van der Waals surface area contributed by atoms with Crippen molar-refractivity contribution >= 4 is 21.8 Å². The number of hydrogen-bond acceptors (Lipinski definition) is 4. The van der Waals surface area contributed by atoms with Gasteiger partial charge in [-0.1, -0.05) is 22.0 Å². The van der Waals surface area contributed by atoms with Gasteiger partial charge in [0.15, 0.2) is 11.5 Å². The first-order valence-corrected chi connectivity index (χ1v) is 7.08. The van der Waals surface area contributed by atoms with Crippen molar-refractivity contribution in [3.63, 3.8) is 0 Å². The first-order chi connectivity index (χ1) is 10.1. The molecule has 0 saturated carbocycles. The van der Waals surface area contributed by atoms with Crippen LogP contribution in [-0.2, 0) is 6.54 Å². The van der Waals surface area contributed by atoms with Crippen molar-refractivity contribution in [3.05, 3.63) is 52.0 Å². The van der Waals surface area contributed by atoms with E-state index in [0.717, 1.165) is 10.0 Å². The van der Waals surface area contributed by atoms with Crippen LogP contribution in [0.15, 0.2) is 40.9 Å². The van der Waals surface area contributed by atoms with E-state index in [0.29, 0.717) is 18.0 Å². The van der Waals surface area contributed by atoms with E-state index in [1.807, 2.05) is 12.1 Å². The number of carbonyl (C=O) groups is 1. The summed E-state index contributed by atoms with van der Waals surface area (Å²) in [6.45, 7) is 0.554. The van der Waals surface area contributed by atoms with Crippen molar-refractivity contribution in [1.29, 1.82) is 0 Å². The number of carbonyl (C=O) groups excluding carboxylic acids is 1. The Bertz CT molecular complexity index is 702. The number of hydrogen-bond donors (Lipinski definition) is 2. The summed E-state index contributed by atoms with van der Waals surface area (Å²) in [6.07, 6.45) is 0. The molecule has 1 aliphatic rings. The summed E-state index contributed by atoms with van der Waals surface area (Å²) < 4.78 is 11.2. The predicted octanol–water partition coefficient (Wildman–Crippen LogP) is 2.81. The molecule has 5 nitrogen and oxygen atoms in total. The Kier molecular flexibility index (Phi) is 3.70. The number of phenolic OH excluding ortho intramolecular Hbond substituents is 1. The Morgan fingerprint density at radius 2 is 2.00 bits per heavy atom. The number of benzene rings is 2. The number of aromatic hydroxyl groups is 1. The van der Waals surface area contributed by atoms with Gasteiger partial charge in [0.05, 0.1) is 5.56 Å². The van der Waals surface area contributed by atoms with E-state index in [1.54, 1.807) is 18.2 Å². The van der Waals surface area contributed by atoms with Crippen LogP contribution in [0.1, 0.15) is 15.9 Å². The highest BCUT2D eigenvalue weighted by Gasteiger charge is 2.15. The summed E-state index contributed by atoms with van der Waals surface area (Å²) in [7, 11) is 0. The Balaban J connectivity index is 1.70. The highest BCUT2D eigenvalue weighted by atomic mass is 79.9. The van der Waals surface area contributed by atoms with Crippen LogP contribution < -0.4 is 14.8 Å². The van der Waals surface area contributed by atoms with Gasteiger partial charge in [-0.2, -0.15) is 0 Å². The molecule has 6 heteroatoms. The van der Waals surface area contributed by atoms with Gasteiger partial charge < -0.3 is 19.9 Å². The molecule has 2 N–H and O–H groups in total. The average molecular weight is 350 g/mol. The van der Waals surface area contributed by atoms with E-state index in [2.05, 4.69) is 21.2 Å². The van der Waals surface area contributed by atoms with Crippen LogP contribution in [0.4, 0.5) is 0 Å². The zero-order valence-electron chi connectivity index (χ0n) is 10.9. The molecule has 2 aromatic rings. The summed E-state index contributed by atoms with van der Waals surface area (Å²) >= 11 is 3.27. The smallest absolute Gasteiger partial charge is 0.255 e. The minimum atomic E-state index is -0.341. The molecule has 0 saturated heterocycles. The maximum Gasteiger partial charge on any atom is 0.255 e. The zero-order valence-corrected chi connectivity index (χ0v) is 12.5. The number of phenols is 1. The number of ether oxygens (including phenoxy) is 2. The van der Waals surface area contributed by atoms with E-state index in [1.165, 1.54) is 6.07 Å². The van der Waals surface area contributed by atoms with E-state index < -0.39 is 0 Å². The second-order valence-electron chi connectivity index (χ2n) is 4.53. The molecular formula is C15H12BrNO4. The summed E-state index contributed by atoms with van der Waals surface area (Å²) in [5.74, 6) is 0.981. The lowest BCUT2D eigenvalue weighted by Crippen LogP contribution is -2.22. The maximum atomic E-state index is 12.1. The number of nitrogens with one attached hydrogen (secondary N) is 1. The largest absolute Gasteiger partial charge is 0.507 e. The summed E-state index contributed by atoms with van der Waals surface area (Å²) in [5.41, 5.74) is 1.12. The van der Waals surface area contributed by atoms with Crippen LogP contribution in [0.2, 0.25) is 0 Å². The molecule has 2 aromatic carbocycles. The van der Waals surface area contributed by atoms with E-state index >= 15 is 0 Å². The lowest BCUT2D eigenvalue weighted by atomic mass is 10.1. The first-order valence-electron chi connectivity index (χ1n) is 6.29. The van der Waals surface area contributed by atoms with E-state index in [9.17, 15) is 9.90 Å². The van der Waals surface area contributed by atoms with Crippen molar-refractivity contribution in [2.24, 2.45) is 0 Å². The van der Waals surface area contributed by atoms with Gasteiger partial charge in [-0.15, -0.1) is 0 Å². The fraction of sp³-hybridized carbons (Fsp3) is 0.133. The van der Waals surface area contributed by atoms with Crippen molar-refractivity contribution in [1.82, 2.24) is 5.32 Å². The van der Waals surface area contributed by atoms with E-state index in [4.69, 9.17) is 9.47 Å². The fourth-order valence-corrected chi connectivity index (χ4v) is 2.38. The predicted molar refractivity (Wildman–Crippen MR) is 79.5 cm³/mol. The standard InChI is InChI=1S/C15H12BrNO4/c16-10-2-3-12(18)11(6-10)15(19)17-7-9-1-4-13-14(5-9)21-8-20-13/h1-6,18H,7-8H2,(H,17,19). The van der Waals surface area contributed by atoms with Crippen molar-refractivity contribution in [2.75, 3.05) is 6.79 Å². The third-order valence-corrected chi connectivity index (χ3v) is 3.59. The van der Waals surface area contributed by atoms with Crippen molar-refractivity contribution in [2.45, 2.75) is 6.54 Å². The molecule has 0 bridgehead atoms. The molecule has 0 spiro atoms. The van der Waals surface area contributed by atoms with Crippen molar-refractivity contribution in [3.8, 4) is 17.2 Å². The summed E-state index contributed by atoms with van der Waals surface area (Å²) in [6, 6.07) is 10.2. The normalized spacial score (nSPS) is 12.2. The molecule has 108 valence electrons. The maximum absolute atomic E-state index is 12.1. The van der Waals surface area contributed by atoms with Crippen LogP contribution in [-0.4, -0.2) is 17.8 Å². The monoisotopic (exact) mass is 349 g/mol. The Morgan fingerprint density at radius 1 is 1.19 bits per heavy atom. The average Bonchev–Trinajstić information content (AvgIpc) is 2.94. The van der Waals surface area contributed by atoms with Crippen LogP contribution in [0.5, 0.6) is 17.2 Å². The molecule has 0 fully saturated rings. The minimum Gasteiger partial charge on any atom is -0.507 e. The molecule has 1 heterocycles. The highest BCUT2D eigenvalue weighted by molar-refractivity contribution is 9.10. The number of amides is 1. The summed E-state index contributed by atoms with van der Waals surface area (Å²) in [4.78, 5) is 12.1. The molecule has 0 aliphatic carbocycles. The van der Waals surface area contributed by atoms with Crippen LogP contribution in [0, 0.1) is 0 Å². The third kappa shape index (κ3) is 2.95. The highest BCUT2D eigenvalue weighted by Crippen LogP contribution is 2.32. The lowest BCUT2D eigenvalue weighted by Gasteiger charge is -2.08. The molecule has 21 heavy (non-hydrogen) atoms. The third-order valence-electron chi connectivity index (χ3n) is 3.09.